The number of hydrogen-bond acceptors (Lipinski definition) is 0. The lowest BCUT2D eigenvalue weighted by molar-refractivity contribution is 0.0881. The van der Waals surface area contributed by atoms with Crippen LogP contribution in [0.5, 0.6) is 0 Å². The van der Waals surface area contributed by atoms with Crippen molar-refractivity contribution in [3.63, 3.8) is 0 Å². The standard InChI is InChI=1S/C15H24/c1-10-5-6-13-11(2)14(3,4)12-7-8-15(10,13)9-12/h10,12-13H,2,5-9H2,1,3-4H3/t10-,12+,13?,15-/m0/s1. The molecule has 84 valence electrons. The first-order valence-electron chi connectivity index (χ1n) is 6.68. The van der Waals surface area contributed by atoms with Gasteiger partial charge < -0.3 is 0 Å². The van der Waals surface area contributed by atoms with Crippen molar-refractivity contribution < 1.29 is 0 Å². The lowest BCUT2D eigenvalue weighted by Crippen LogP contribution is -2.40. The van der Waals surface area contributed by atoms with E-state index in [2.05, 4.69) is 27.4 Å². The van der Waals surface area contributed by atoms with Gasteiger partial charge >= 0.3 is 0 Å². The molecular formula is C15H24. The molecule has 0 N–H and O–H groups in total. The van der Waals surface area contributed by atoms with E-state index >= 15 is 0 Å². The highest BCUT2D eigenvalue weighted by Crippen LogP contribution is 2.69. The van der Waals surface area contributed by atoms with Crippen LogP contribution < -0.4 is 0 Å². The number of hydrogen-bond donors (Lipinski definition) is 0. The van der Waals surface area contributed by atoms with Crippen molar-refractivity contribution >= 4 is 0 Å². The van der Waals surface area contributed by atoms with E-state index in [1.807, 2.05) is 0 Å². The van der Waals surface area contributed by atoms with Crippen molar-refractivity contribution in [2.45, 2.75) is 52.9 Å². The maximum absolute atomic E-state index is 4.48. The molecule has 0 saturated heterocycles. The van der Waals surface area contributed by atoms with Gasteiger partial charge in [0.25, 0.3) is 0 Å². The van der Waals surface area contributed by atoms with Crippen molar-refractivity contribution in [2.75, 3.05) is 0 Å². The fourth-order valence-corrected chi connectivity index (χ4v) is 5.05. The molecule has 0 radical (unpaired) electrons. The predicted molar refractivity (Wildman–Crippen MR) is 64.6 cm³/mol. The molecule has 0 aromatic carbocycles. The second-order valence-corrected chi connectivity index (χ2v) is 6.95. The first-order chi connectivity index (χ1) is 6.98. The zero-order chi connectivity index (χ0) is 10.8. The first-order valence-corrected chi connectivity index (χ1v) is 6.68. The van der Waals surface area contributed by atoms with Crippen LogP contribution in [0, 0.1) is 28.6 Å². The summed E-state index contributed by atoms with van der Waals surface area (Å²) in [6.45, 7) is 11.9. The quantitative estimate of drug-likeness (QED) is 0.513. The third kappa shape index (κ3) is 0.990. The smallest absolute Gasteiger partial charge is 0.0116 e. The normalized spacial score (nSPS) is 51.9. The van der Waals surface area contributed by atoms with Crippen LogP contribution in [0.25, 0.3) is 0 Å². The van der Waals surface area contributed by atoms with E-state index < -0.39 is 0 Å². The molecular weight excluding hydrogens is 180 g/mol. The molecule has 3 aliphatic carbocycles. The Hall–Kier alpha value is -0.260. The van der Waals surface area contributed by atoms with Crippen LogP contribution in [-0.4, -0.2) is 0 Å². The number of rotatable bonds is 0. The highest BCUT2D eigenvalue weighted by atomic mass is 14.6. The van der Waals surface area contributed by atoms with Gasteiger partial charge in [-0.05, 0) is 60.7 Å². The molecule has 3 fully saturated rings. The van der Waals surface area contributed by atoms with Crippen LogP contribution in [0.4, 0.5) is 0 Å². The van der Waals surface area contributed by atoms with Crippen LogP contribution in [0.1, 0.15) is 52.9 Å². The van der Waals surface area contributed by atoms with E-state index in [-0.39, 0.29) is 0 Å². The Bertz CT molecular complexity index is 312. The minimum absolute atomic E-state index is 0.425. The molecule has 15 heavy (non-hydrogen) atoms. The van der Waals surface area contributed by atoms with Crippen molar-refractivity contribution in [3.8, 4) is 0 Å². The van der Waals surface area contributed by atoms with E-state index in [1.54, 1.807) is 5.57 Å². The fraction of sp³-hybridized carbons (Fsp3) is 0.867. The van der Waals surface area contributed by atoms with E-state index in [9.17, 15) is 0 Å². The molecule has 0 nitrogen and oxygen atoms in total. The lowest BCUT2D eigenvalue weighted by atomic mass is 9.56. The van der Waals surface area contributed by atoms with Gasteiger partial charge in [0.05, 0.1) is 0 Å². The molecule has 1 spiro atoms. The molecule has 0 aliphatic heterocycles. The van der Waals surface area contributed by atoms with Crippen molar-refractivity contribution in [2.24, 2.45) is 28.6 Å². The van der Waals surface area contributed by atoms with E-state index in [4.69, 9.17) is 0 Å². The van der Waals surface area contributed by atoms with Gasteiger partial charge in [0.1, 0.15) is 0 Å². The van der Waals surface area contributed by atoms with E-state index in [0.717, 1.165) is 17.8 Å². The summed E-state index contributed by atoms with van der Waals surface area (Å²) in [7, 11) is 0. The summed E-state index contributed by atoms with van der Waals surface area (Å²) in [5.41, 5.74) is 2.71. The van der Waals surface area contributed by atoms with Gasteiger partial charge in [0, 0.05) is 0 Å². The molecule has 2 bridgehead atoms. The van der Waals surface area contributed by atoms with Crippen LogP contribution in [0.2, 0.25) is 0 Å². The highest BCUT2D eigenvalue weighted by Gasteiger charge is 2.60. The average molecular weight is 204 g/mol. The Kier molecular flexibility index (Phi) is 1.79. The SMILES string of the molecule is C=C1C2CC[C@H](C)[C@@]23CC[C@H](C3)C1(C)C. The number of allylic oxidation sites excluding steroid dienone is 1. The van der Waals surface area contributed by atoms with Gasteiger partial charge in [-0.2, -0.15) is 0 Å². The van der Waals surface area contributed by atoms with Crippen LogP contribution in [0.15, 0.2) is 12.2 Å². The summed E-state index contributed by atoms with van der Waals surface area (Å²) in [5.74, 6) is 2.75. The Morgan fingerprint density at radius 1 is 1.20 bits per heavy atom. The molecule has 0 amide bonds. The molecule has 3 saturated carbocycles. The van der Waals surface area contributed by atoms with E-state index in [1.165, 1.54) is 32.1 Å². The summed E-state index contributed by atoms with van der Waals surface area (Å²) in [5, 5.41) is 0. The van der Waals surface area contributed by atoms with Gasteiger partial charge in [-0.3, -0.25) is 0 Å². The van der Waals surface area contributed by atoms with Crippen LogP contribution in [-0.2, 0) is 0 Å². The minimum Gasteiger partial charge on any atom is -0.0990 e. The van der Waals surface area contributed by atoms with Gasteiger partial charge in [-0.15, -0.1) is 0 Å². The Labute approximate surface area is 94.1 Å². The third-order valence-corrected chi connectivity index (χ3v) is 6.42. The zero-order valence-electron chi connectivity index (χ0n) is 10.5. The Morgan fingerprint density at radius 3 is 2.67 bits per heavy atom. The van der Waals surface area contributed by atoms with Gasteiger partial charge in [-0.1, -0.05) is 32.9 Å². The van der Waals surface area contributed by atoms with Gasteiger partial charge in [-0.25, -0.2) is 0 Å². The predicted octanol–water partition coefficient (Wildman–Crippen LogP) is 4.42. The number of fused-ring (bicyclic) bond motifs is 1. The van der Waals surface area contributed by atoms with Crippen LogP contribution in [0.3, 0.4) is 0 Å². The molecule has 3 rings (SSSR count). The zero-order valence-corrected chi connectivity index (χ0v) is 10.5. The fourth-order valence-electron chi connectivity index (χ4n) is 5.05. The maximum Gasteiger partial charge on any atom is -0.0116 e. The van der Waals surface area contributed by atoms with Crippen LogP contribution >= 0.6 is 0 Å². The van der Waals surface area contributed by atoms with Crippen molar-refractivity contribution in [1.29, 1.82) is 0 Å². The molecule has 0 heteroatoms. The maximum atomic E-state index is 4.48. The third-order valence-electron chi connectivity index (χ3n) is 6.42. The Balaban J connectivity index is 2.07. The molecule has 0 aromatic heterocycles. The molecule has 0 aromatic rings. The molecule has 0 heterocycles. The Morgan fingerprint density at radius 2 is 1.93 bits per heavy atom. The van der Waals surface area contributed by atoms with Crippen molar-refractivity contribution in [3.05, 3.63) is 12.2 Å². The van der Waals surface area contributed by atoms with Gasteiger partial charge in [0.15, 0.2) is 0 Å². The molecule has 3 aliphatic rings. The topological polar surface area (TPSA) is 0 Å². The first kappa shape index (κ1) is 9.93. The second kappa shape index (κ2) is 2.70. The monoisotopic (exact) mass is 204 g/mol. The second-order valence-electron chi connectivity index (χ2n) is 6.95. The lowest BCUT2D eigenvalue weighted by Gasteiger charge is -2.48. The summed E-state index contributed by atoms with van der Waals surface area (Å²) < 4.78 is 0. The summed E-state index contributed by atoms with van der Waals surface area (Å²) >= 11 is 0. The summed E-state index contributed by atoms with van der Waals surface area (Å²) in [6, 6.07) is 0. The largest absolute Gasteiger partial charge is 0.0990 e. The molecule has 1 unspecified atom stereocenters. The molecule has 4 atom stereocenters. The summed E-state index contributed by atoms with van der Waals surface area (Å²) in [4.78, 5) is 0. The van der Waals surface area contributed by atoms with Gasteiger partial charge in [0.2, 0.25) is 0 Å². The van der Waals surface area contributed by atoms with Crippen molar-refractivity contribution in [1.82, 2.24) is 0 Å². The van der Waals surface area contributed by atoms with E-state index in [0.29, 0.717) is 10.8 Å². The average Bonchev–Trinajstić information content (AvgIpc) is 2.72. The summed E-state index contributed by atoms with van der Waals surface area (Å²) in [6.07, 6.45) is 7.34. The highest BCUT2D eigenvalue weighted by molar-refractivity contribution is 5.26. The minimum atomic E-state index is 0.425.